The molecule has 0 unspecified atom stereocenters. The molecular formula is C8H10BrClMgS. The van der Waals surface area contributed by atoms with Gasteiger partial charge < -0.3 is 9.07 Å². The van der Waals surface area contributed by atoms with E-state index in [9.17, 15) is 0 Å². The lowest BCUT2D eigenvalue weighted by molar-refractivity contribution is 0.795. The van der Waals surface area contributed by atoms with Crippen LogP contribution < -0.4 is 3.01 Å². The quantitative estimate of drug-likeness (QED) is 0.741. The maximum absolute atomic E-state index is 5.87. The number of rotatable bonds is 4. The lowest BCUT2D eigenvalue weighted by Gasteiger charge is -1.94. The van der Waals surface area contributed by atoms with Gasteiger partial charge >= 0.3 is 19.3 Å². The molecule has 0 N–H and O–H groups in total. The van der Waals surface area contributed by atoms with Crippen molar-refractivity contribution in [1.29, 1.82) is 0 Å². The molecule has 64 valence electrons. The van der Waals surface area contributed by atoms with Crippen molar-refractivity contribution in [3.05, 3.63) is 15.4 Å². The lowest BCUT2D eigenvalue weighted by Crippen LogP contribution is -2.00. The first-order chi connectivity index (χ1) is 5.77. The average molecular weight is 278 g/mol. The smallest absolute Gasteiger partial charge is 0.334 e. The van der Waals surface area contributed by atoms with Gasteiger partial charge in [0.05, 0.1) is 3.79 Å². The first-order valence-electron chi connectivity index (χ1n) is 4.11. The Labute approximate surface area is 99.3 Å². The van der Waals surface area contributed by atoms with E-state index < -0.39 is 19.3 Å². The minimum Gasteiger partial charge on any atom is -0.334 e. The van der Waals surface area contributed by atoms with Crippen LogP contribution in [0.4, 0.5) is 0 Å². The minimum absolute atomic E-state index is 0.472. The summed E-state index contributed by atoms with van der Waals surface area (Å²) in [5.74, 6) is 0. The van der Waals surface area contributed by atoms with Gasteiger partial charge in [-0.3, -0.25) is 0 Å². The Kier molecular flexibility index (Phi) is 5.52. The summed E-state index contributed by atoms with van der Waals surface area (Å²) >= 11 is 4.91. The van der Waals surface area contributed by atoms with Crippen molar-refractivity contribution in [3.8, 4) is 0 Å². The van der Waals surface area contributed by atoms with Crippen LogP contribution in [0.5, 0.6) is 0 Å². The summed E-state index contributed by atoms with van der Waals surface area (Å²) in [4.78, 5) is 0. The Morgan fingerprint density at radius 2 is 2.42 bits per heavy atom. The van der Waals surface area contributed by atoms with Crippen LogP contribution in [0.2, 0.25) is 0 Å². The lowest BCUT2D eigenvalue weighted by atomic mass is 10.2. The molecule has 0 aliphatic carbocycles. The Hall–Kier alpha value is 1.24. The van der Waals surface area contributed by atoms with Crippen LogP contribution >= 0.6 is 36.3 Å². The van der Waals surface area contributed by atoms with E-state index in [4.69, 9.17) is 9.07 Å². The largest absolute Gasteiger partial charge is 0.551 e. The molecule has 0 fully saturated rings. The first-order valence-corrected chi connectivity index (χ1v) is 8.56. The summed E-state index contributed by atoms with van der Waals surface area (Å²) in [5, 5.41) is 0. The number of thiophene rings is 1. The number of hydrogen-bond donors (Lipinski definition) is 0. The third kappa shape index (κ3) is 3.18. The molecule has 4 heteroatoms. The third-order valence-electron chi connectivity index (χ3n) is 1.74. The fourth-order valence-corrected chi connectivity index (χ4v) is 5.06. The average Bonchev–Trinajstić information content (AvgIpc) is 2.43. The van der Waals surface area contributed by atoms with Crippen molar-refractivity contribution < 1.29 is 0 Å². The SMILES string of the molecule is CCCCc1c[c]([Mg][Cl])sc1Br. The second-order valence-electron chi connectivity index (χ2n) is 2.75. The predicted molar refractivity (Wildman–Crippen MR) is 61.9 cm³/mol. The second kappa shape index (κ2) is 5.86. The molecule has 0 spiro atoms. The van der Waals surface area contributed by atoms with Crippen molar-refractivity contribution in [1.82, 2.24) is 0 Å². The van der Waals surface area contributed by atoms with E-state index in [2.05, 4.69) is 28.9 Å². The van der Waals surface area contributed by atoms with Gasteiger partial charge in [0, 0.05) is 0 Å². The summed E-state index contributed by atoms with van der Waals surface area (Å²) in [6.07, 6.45) is 3.73. The van der Waals surface area contributed by atoms with Gasteiger partial charge in [-0.1, -0.05) is 22.4 Å². The molecule has 0 amide bonds. The Bertz CT molecular complexity index is 249. The molecule has 0 aromatic carbocycles. The van der Waals surface area contributed by atoms with Gasteiger partial charge in [0.25, 0.3) is 0 Å². The molecule has 12 heavy (non-hydrogen) atoms. The summed E-state index contributed by atoms with van der Waals surface area (Å²) in [5.41, 5.74) is 1.45. The molecule has 1 rings (SSSR count). The zero-order chi connectivity index (χ0) is 8.97. The molecule has 0 aliphatic rings. The molecule has 0 saturated heterocycles. The molecule has 0 nitrogen and oxygen atoms in total. The number of unbranched alkanes of at least 4 members (excludes halogenated alkanes) is 1. The maximum atomic E-state index is 5.87. The van der Waals surface area contributed by atoms with Crippen LogP contribution in [0.25, 0.3) is 0 Å². The minimum atomic E-state index is -0.472. The third-order valence-corrected chi connectivity index (χ3v) is 6.23. The van der Waals surface area contributed by atoms with Gasteiger partial charge in [-0.05, 0) is 34.3 Å². The van der Waals surface area contributed by atoms with Crippen LogP contribution in [0.15, 0.2) is 9.85 Å². The van der Waals surface area contributed by atoms with E-state index in [1.54, 1.807) is 0 Å². The first kappa shape index (κ1) is 11.3. The number of halogens is 2. The van der Waals surface area contributed by atoms with Gasteiger partial charge in [0.2, 0.25) is 0 Å². The highest BCUT2D eigenvalue weighted by Crippen LogP contribution is 2.23. The molecule has 1 heterocycles. The normalized spacial score (nSPS) is 9.92. The van der Waals surface area contributed by atoms with Crippen LogP contribution in [0, 0.1) is 0 Å². The summed E-state index contributed by atoms with van der Waals surface area (Å²) in [6, 6.07) is 2.27. The maximum Gasteiger partial charge on any atom is 0.551 e. The van der Waals surface area contributed by atoms with Crippen LogP contribution in [-0.2, 0) is 6.42 Å². The van der Waals surface area contributed by atoms with Gasteiger partial charge in [-0.25, -0.2) is 0 Å². The molecule has 0 saturated carbocycles. The zero-order valence-corrected chi connectivity index (χ0v) is 11.6. The van der Waals surface area contributed by atoms with Gasteiger partial charge in [-0.15, -0.1) is 0 Å². The van der Waals surface area contributed by atoms with Crippen LogP contribution in [-0.4, -0.2) is 19.3 Å². The van der Waals surface area contributed by atoms with E-state index in [0.29, 0.717) is 0 Å². The summed E-state index contributed by atoms with van der Waals surface area (Å²) in [6.45, 7) is 2.22. The van der Waals surface area contributed by atoms with Crippen molar-refractivity contribution in [2.45, 2.75) is 26.2 Å². The van der Waals surface area contributed by atoms with Gasteiger partial charge in [-0.2, -0.15) is 11.3 Å². The molecule has 1 aromatic heterocycles. The van der Waals surface area contributed by atoms with Gasteiger partial charge in [0.1, 0.15) is 0 Å². The fourth-order valence-electron chi connectivity index (χ4n) is 1.06. The van der Waals surface area contributed by atoms with Crippen molar-refractivity contribution in [3.63, 3.8) is 0 Å². The Balaban J connectivity index is 2.64. The monoisotopic (exact) mass is 276 g/mol. The molecule has 1 aromatic rings. The molecule has 0 radical (unpaired) electrons. The molecule has 0 bridgehead atoms. The standard InChI is InChI=1S/C8H10BrS.ClH.Mg/c1-2-3-4-7-5-6-10-8(7)9;;/h5H,2-4H2,1H3;1H;/q;;+1/p-1. The van der Waals surface area contributed by atoms with Gasteiger partial charge in [0.15, 0.2) is 0 Å². The van der Waals surface area contributed by atoms with Crippen molar-refractivity contribution in [2.75, 3.05) is 0 Å². The van der Waals surface area contributed by atoms with E-state index in [0.717, 1.165) is 0 Å². The molecular weight excluding hydrogens is 268 g/mol. The second-order valence-corrected chi connectivity index (χ2v) is 7.55. The Morgan fingerprint density at radius 1 is 1.67 bits per heavy atom. The topological polar surface area (TPSA) is 0 Å². The van der Waals surface area contributed by atoms with Crippen molar-refractivity contribution in [2.24, 2.45) is 0 Å². The van der Waals surface area contributed by atoms with Crippen LogP contribution in [0.1, 0.15) is 25.3 Å². The molecule has 0 atom stereocenters. The summed E-state index contributed by atoms with van der Waals surface area (Å²) < 4.78 is 2.69. The fraction of sp³-hybridized carbons (Fsp3) is 0.500. The van der Waals surface area contributed by atoms with Crippen molar-refractivity contribution >= 4 is 58.6 Å². The Morgan fingerprint density at radius 3 is 2.92 bits per heavy atom. The molecule has 0 aliphatic heterocycles. The van der Waals surface area contributed by atoms with Crippen LogP contribution in [0.3, 0.4) is 0 Å². The highest BCUT2D eigenvalue weighted by Gasteiger charge is 2.06. The number of aryl methyl sites for hydroxylation is 1. The summed E-state index contributed by atoms with van der Waals surface area (Å²) in [7, 11) is 5.87. The van der Waals surface area contributed by atoms with E-state index in [1.807, 2.05) is 11.3 Å². The van der Waals surface area contributed by atoms with E-state index in [1.165, 1.54) is 31.6 Å². The highest BCUT2D eigenvalue weighted by atomic mass is 79.9. The number of hydrogen-bond acceptors (Lipinski definition) is 1. The zero-order valence-electron chi connectivity index (χ0n) is 7.07. The highest BCUT2D eigenvalue weighted by molar-refractivity contribution is 9.11. The van der Waals surface area contributed by atoms with E-state index in [-0.39, 0.29) is 0 Å². The van der Waals surface area contributed by atoms with E-state index >= 15 is 0 Å². The predicted octanol–water partition coefficient (Wildman–Crippen LogP) is 3.34.